The van der Waals surface area contributed by atoms with Crippen LogP contribution in [0.2, 0.25) is 0 Å². The largest absolute Gasteiger partial charge is 0.496 e. The summed E-state index contributed by atoms with van der Waals surface area (Å²) in [6, 6.07) is 9.82. The van der Waals surface area contributed by atoms with Crippen molar-refractivity contribution in [2.45, 2.75) is 40.7 Å². The van der Waals surface area contributed by atoms with Gasteiger partial charge in [0.1, 0.15) is 11.6 Å². The lowest BCUT2D eigenvalue weighted by Crippen LogP contribution is -2.28. The zero-order valence-corrected chi connectivity index (χ0v) is 16.6. The minimum atomic E-state index is -0.473. The van der Waals surface area contributed by atoms with E-state index < -0.39 is 5.41 Å². The molecule has 0 unspecified atom stereocenters. The molecule has 0 fully saturated rings. The Morgan fingerprint density at radius 3 is 2.50 bits per heavy atom. The molecular formula is C21H29N3O2. The number of benzene rings is 1. The predicted octanol–water partition coefficient (Wildman–Crippen LogP) is 4.02. The van der Waals surface area contributed by atoms with Crippen LogP contribution < -0.4 is 15.4 Å². The molecule has 0 radical (unpaired) electrons. The van der Waals surface area contributed by atoms with E-state index in [1.165, 1.54) is 11.1 Å². The van der Waals surface area contributed by atoms with Crippen LogP contribution in [0.15, 0.2) is 30.3 Å². The van der Waals surface area contributed by atoms with Crippen LogP contribution in [0.3, 0.4) is 0 Å². The third-order valence-electron chi connectivity index (χ3n) is 4.22. The average Bonchev–Trinajstić information content (AvgIpc) is 2.61. The second-order valence-corrected chi connectivity index (χ2v) is 7.32. The normalized spacial score (nSPS) is 11.3. The number of hydrogen-bond donors (Lipinski definition) is 2. The van der Waals surface area contributed by atoms with Gasteiger partial charge >= 0.3 is 0 Å². The zero-order chi connectivity index (χ0) is 19.3. The van der Waals surface area contributed by atoms with Crippen molar-refractivity contribution in [2.75, 3.05) is 19.5 Å². The molecule has 0 atom stereocenters. The van der Waals surface area contributed by atoms with Gasteiger partial charge in [0.25, 0.3) is 0 Å². The first kappa shape index (κ1) is 19.9. The molecule has 0 aliphatic heterocycles. The van der Waals surface area contributed by atoms with Crippen LogP contribution in [0.4, 0.5) is 5.82 Å². The van der Waals surface area contributed by atoms with E-state index in [9.17, 15) is 4.79 Å². The lowest BCUT2D eigenvalue weighted by molar-refractivity contribution is -0.123. The fourth-order valence-corrected chi connectivity index (χ4v) is 2.68. The van der Waals surface area contributed by atoms with E-state index in [1.54, 1.807) is 13.2 Å². The number of ether oxygens (including phenoxy) is 1. The molecule has 1 amide bonds. The Balaban J connectivity index is 2.44. The minimum Gasteiger partial charge on any atom is -0.496 e. The Morgan fingerprint density at radius 2 is 1.92 bits per heavy atom. The number of nitrogens with one attached hydrogen (secondary N) is 2. The van der Waals surface area contributed by atoms with Gasteiger partial charge in [-0.05, 0) is 48.9 Å². The first-order chi connectivity index (χ1) is 12.3. The van der Waals surface area contributed by atoms with E-state index in [4.69, 9.17) is 4.74 Å². The monoisotopic (exact) mass is 355 g/mol. The molecule has 1 aromatic heterocycles. The number of pyridine rings is 1. The quantitative estimate of drug-likeness (QED) is 0.821. The third kappa shape index (κ3) is 4.61. The van der Waals surface area contributed by atoms with Crippen LogP contribution in [0.1, 0.15) is 38.8 Å². The molecular weight excluding hydrogens is 326 g/mol. The highest BCUT2D eigenvalue weighted by atomic mass is 16.5. The topological polar surface area (TPSA) is 63.2 Å². The summed E-state index contributed by atoms with van der Waals surface area (Å²) in [5.41, 5.74) is 3.70. The van der Waals surface area contributed by atoms with Crippen molar-refractivity contribution in [1.82, 2.24) is 10.3 Å². The van der Waals surface area contributed by atoms with Gasteiger partial charge in [-0.2, -0.15) is 0 Å². The fraction of sp³-hybridized carbons (Fsp3) is 0.429. The molecule has 0 spiro atoms. The van der Waals surface area contributed by atoms with Crippen molar-refractivity contribution in [1.29, 1.82) is 0 Å². The Morgan fingerprint density at radius 1 is 1.19 bits per heavy atom. The number of aryl methyl sites for hydroxylation is 1. The molecule has 1 heterocycles. The van der Waals surface area contributed by atoms with Gasteiger partial charge in [0, 0.05) is 17.5 Å². The van der Waals surface area contributed by atoms with Crippen LogP contribution in [-0.2, 0) is 17.8 Å². The number of aromatic nitrogens is 1. The molecule has 0 saturated carbocycles. The molecule has 1 aromatic carbocycles. The van der Waals surface area contributed by atoms with Crippen molar-refractivity contribution in [2.24, 2.45) is 5.41 Å². The summed E-state index contributed by atoms with van der Waals surface area (Å²) in [7, 11) is 3.60. The van der Waals surface area contributed by atoms with Crippen LogP contribution in [0, 0.1) is 5.41 Å². The number of carbonyl (C=O) groups is 1. The summed E-state index contributed by atoms with van der Waals surface area (Å²) < 4.78 is 5.61. The minimum absolute atomic E-state index is 0.0623. The molecule has 0 saturated heterocycles. The second kappa shape index (κ2) is 8.32. The molecule has 5 nitrogen and oxygen atoms in total. The molecule has 26 heavy (non-hydrogen) atoms. The maximum Gasteiger partial charge on any atom is 0.230 e. The number of carbonyl (C=O) groups excluding carboxylic acids is 1. The Kier molecular flexibility index (Phi) is 6.37. The molecule has 5 heteroatoms. The van der Waals surface area contributed by atoms with Crippen LogP contribution in [0.25, 0.3) is 11.3 Å². The number of rotatable bonds is 6. The molecule has 0 bridgehead atoms. The predicted molar refractivity (Wildman–Crippen MR) is 106 cm³/mol. The standard InChI is InChI=1S/C21H29N3O2/c1-7-14-11-16(18(26-6)12-15(14)13-22-5)17-9-8-10-19(23-17)24-20(25)21(2,3)4/h8-12,22H,7,13H2,1-6H3,(H,23,24,25). The Hall–Kier alpha value is -2.40. The molecule has 140 valence electrons. The summed E-state index contributed by atoms with van der Waals surface area (Å²) in [4.78, 5) is 16.9. The van der Waals surface area contributed by atoms with Gasteiger partial charge in [-0.1, -0.05) is 33.8 Å². The number of anilines is 1. The van der Waals surface area contributed by atoms with E-state index in [0.717, 1.165) is 30.0 Å². The number of hydrogen-bond acceptors (Lipinski definition) is 4. The summed E-state index contributed by atoms with van der Waals surface area (Å²) in [5.74, 6) is 1.26. The SMILES string of the molecule is CCc1cc(-c2cccc(NC(=O)C(C)(C)C)n2)c(OC)cc1CNC. The summed E-state index contributed by atoms with van der Waals surface area (Å²) >= 11 is 0. The molecule has 2 aromatic rings. The van der Waals surface area contributed by atoms with Crippen molar-refractivity contribution < 1.29 is 9.53 Å². The van der Waals surface area contributed by atoms with E-state index >= 15 is 0 Å². The highest BCUT2D eigenvalue weighted by Crippen LogP contribution is 2.33. The van der Waals surface area contributed by atoms with Gasteiger partial charge in [-0.25, -0.2) is 4.98 Å². The molecule has 0 aliphatic carbocycles. The third-order valence-corrected chi connectivity index (χ3v) is 4.22. The summed E-state index contributed by atoms with van der Waals surface area (Å²) in [5, 5.41) is 6.08. The summed E-state index contributed by atoms with van der Waals surface area (Å²) in [6.45, 7) is 8.56. The van der Waals surface area contributed by atoms with Crippen molar-refractivity contribution >= 4 is 11.7 Å². The van der Waals surface area contributed by atoms with E-state index in [2.05, 4.69) is 34.7 Å². The Labute approximate surface area is 156 Å². The second-order valence-electron chi connectivity index (χ2n) is 7.32. The molecule has 2 rings (SSSR count). The number of amides is 1. The van der Waals surface area contributed by atoms with Gasteiger partial charge in [0.05, 0.1) is 12.8 Å². The van der Waals surface area contributed by atoms with E-state index in [-0.39, 0.29) is 5.91 Å². The van der Waals surface area contributed by atoms with Gasteiger partial charge in [-0.15, -0.1) is 0 Å². The van der Waals surface area contributed by atoms with Crippen LogP contribution in [0.5, 0.6) is 5.75 Å². The van der Waals surface area contributed by atoms with Crippen molar-refractivity contribution in [3.63, 3.8) is 0 Å². The number of nitrogens with zero attached hydrogens (tertiary/aromatic N) is 1. The lowest BCUT2D eigenvalue weighted by atomic mass is 9.96. The highest BCUT2D eigenvalue weighted by molar-refractivity contribution is 5.94. The molecule has 2 N–H and O–H groups in total. The van der Waals surface area contributed by atoms with Crippen molar-refractivity contribution in [3.8, 4) is 17.0 Å². The first-order valence-corrected chi connectivity index (χ1v) is 8.93. The highest BCUT2D eigenvalue weighted by Gasteiger charge is 2.22. The van der Waals surface area contributed by atoms with Gasteiger partial charge in [0.2, 0.25) is 5.91 Å². The number of methoxy groups -OCH3 is 1. The lowest BCUT2D eigenvalue weighted by Gasteiger charge is -2.18. The first-order valence-electron chi connectivity index (χ1n) is 8.93. The smallest absolute Gasteiger partial charge is 0.230 e. The zero-order valence-electron chi connectivity index (χ0n) is 16.6. The Bertz CT molecular complexity index is 779. The van der Waals surface area contributed by atoms with Gasteiger partial charge in [-0.3, -0.25) is 4.79 Å². The molecule has 0 aliphatic rings. The summed E-state index contributed by atoms with van der Waals surface area (Å²) in [6.07, 6.45) is 0.925. The average molecular weight is 355 g/mol. The van der Waals surface area contributed by atoms with Crippen LogP contribution in [-0.4, -0.2) is 25.0 Å². The maximum absolute atomic E-state index is 12.2. The van der Waals surface area contributed by atoms with Gasteiger partial charge in [0.15, 0.2) is 0 Å². The van der Waals surface area contributed by atoms with Crippen molar-refractivity contribution in [3.05, 3.63) is 41.5 Å². The maximum atomic E-state index is 12.2. The van der Waals surface area contributed by atoms with Gasteiger partial charge < -0.3 is 15.4 Å². The van der Waals surface area contributed by atoms with E-state index in [1.807, 2.05) is 40.0 Å². The van der Waals surface area contributed by atoms with Crippen LogP contribution >= 0.6 is 0 Å². The fourth-order valence-electron chi connectivity index (χ4n) is 2.68. The van der Waals surface area contributed by atoms with E-state index in [0.29, 0.717) is 5.82 Å².